The fourth-order valence-corrected chi connectivity index (χ4v) is 1.86. The normalized spacial score (nSPS) is 12.5. The van der Waals surface area contributed by atoms with E-state index in [0.29, 0.717) is 6.54 Å². The molecule has 0 aliphatic rings. The Morgan fingerprint density at radius 2 is 2.00 bits per heavy atom. The van der Waals surface area contributed by atoms with Gasteiger partial charge in [0.2, 0.25) is 0 Å². The van der Waals surface area contributed by atoms with Crippen molar-refractivity contribution in [1.82, 2.24) is 5.32 Å². The van der Waals surface area contributed by atoms with Crippen molar-refractivity contribution in [3.63, 3.8) is 0 Å². The molecule has 0 aromatic heterocycles. The number of nitrogens with one attached hydrogen (secondary N) is 1. The van der Waals surface area contributed by atoms with Gasteiger partial charge in [-0.3, -0.25) is 4.79 Å². The van der Waals surface area contributed by atoms with E-state index in [9.17, 15) is 4.79 Å². The summed E-state index contributed by atoms with van der Waals surface area (Å²) in [6, 6.07) is 0. The molecule has 4 heteroatoms. The first-order valence-corrected chi connectivity index (χ1v) is 6.89. The number of ether oxygens (including phenoxy) is 1. The highest BCUT2D eigenvalue weighted by atomic mass is 127. The maximum absolute atomic E-state index is 11.0. The lowest BCUT2D eigenvalue weighted by atomic mass is 10.1. The highest BCUT2D eigenvalue weighted by Gasteiger charge is 2.13. The van der Waals surface area contributed by atoms with Gasteiger partial charge in [0.1, 0.15) is 3.92 Å². The van der Waals surface area contributed by atoms with Gasteiger partial charge in [-0.25, -0.2) is 0 Å². The van der Waals surface area contributed by atoms with Gasteiger partial charge in [-0.15, -0.1) is 0 Å². The van der Waals surface area contributed by atoms with E-state index < -0.39 is 0 Å². The molecule has 1 atom stereocenters. The summed E-state index contributed by atoms with van der Waals surface area (Å²) in [5, 5.41) is 3.27. The van der Waals surface area contributed by atoms with Crippen LogP contribution in [0.5, 0.6) is 0 Å². The van der Waals surface area contributed by atoms with E-state index in [0.717, 1.165) is 6.54 Å². The molecule has 0 aromatic rings. The molecule has 0 bridgehead atoms. The van der Waals surface area contributed by atoms with Crippen LogP contribution in [0.25, 0.3) is 0 Å². The molecule has 1 unspecified atom stereocenters. The van der Waals surface area contributed by atoms with Crippen LogP contribution < -0.4 is 5.32 Å². The molecular weight excluding hydrogens is 305 g/mol. The third kappa shape index (κ3) is 9.11. The van der Waals surface area contributed by atoms with Gasteiger partial charge < -0.3 is 10.1 Å². The van der Waals surface area contributed by atoms with Gasteiger partial charge in [-0.1, -0.05) is 55.2 Å². The maximum Gasteiger partial charge on any atom is 0.319 e. The molecule has 90 valence electrons. The van der Waals surface area contributed by atoms with E-state index >= 15 is 0 Å². The lowest BCUT2D eigenvalue weighted by Gasteiger charge is -2.08. The zero-order valence-corrected chi connectivity index (χ0v) is 11.9. The van der Waals surface area contributed by atoms with Crippen molar-refractivity contribution in [2.75, 3.05) is 20.2 Å². The van der Waals surface area contributed by atoms with Gasteiger partial charge >= 0.3 is 5.97 Å². The quantitative estimate of drug-likeness (QED) is 0.306. The number of esters is 1. The first kappa shape index (κ1) is 15.2. The van der Waals surface area contributed by atoms with E-state index in [4.69, 9.17) is 0 Å². The maximum atomic E-state index is 11.0. The molecule has 15 heavy (non-hydrogen) atoms. The molecule has 0 rings (SSSR count). The van der Waals surface area contributed by atoms with Crippen LogP contribution in [-0.4, -0.2) is 30.1 Å². The minimum absolute atomic E-state index is 0.0664. The van der Waals surface area contributed by atoms with E-state index in [1.54, 1.807) is 0 Å². The first-order chi connectivity index (χ1) is 7.22. The van der Waals surface area contributed by atoms with Gasteiger partial charge in [0.05, 0.1) is 7.11 Å². The summed E-state index contributed by atoms with van der Waals surface area (Å²) in [5.41, 5.74) is 0. The Labute approximate surface area is 106 Å². The summed E-state index contributed by atoms with van der Waals surface area (Å²) in [4.78, 5) is 11.0. The second kappa shape index (κ2) is 10.7. The molecule has 0 aliphatic carbocycles. The van der Waals surface area contributed by atoms with Crippen molar-refractivity contribution in [1.29, 1.82) is 0 Å². The molecule has 3 nitrogen and oxygen atoms in total. The number of methoxy groups -OCH3 is 1. The van der Waals surface area contributed by atoms with Crippen LogP contribution in [0.1, 0.15) is 39.0 Å². The number of halogens is 1. The van der Waals surface area contributed by atoms with E-state index in [1.165, 1.54) is 39.2 Å². The largest absolute Gasteiger partial charge is 0.468 e. The van der Waals surface area contributed by atoms with Crippen molar-refractivity contribution in [3.8, 4) is 0 Å². The third-order valence-electron chi connectivity index (χ3n) is 2.24. The lowest BCUT2D eigenvalue weighted by molar-refractivity contribution is -0.139. The minimum Gasteiger partial charge on any atom is -0.468 e. The standard InChI is InChI=1S/C11H22INO2/c1-3-4-5-6-7-8-13-9-10(12)11(14)15-2/h10,13H,3-9H2,1-2H3. The Balaban J connectivity index is 3.20. The number of hydrogen-bond acceptors (Lipinski definition) is 3. The van der Waals surface area contributed by atoms with Crippen molar-refractivity contribution >= 4 is 28.6 Å². The molecule has 0 fully saturated rings. The molecule has 0 radical (unpaired) electrons. The van der Waals surface area contributed by atoms with Crippen molar-refractivity contribution < 1.29 is 9.53 Å². The predicted molar refractivity (Wildman–Crippen MR) is 71.5 cm³/mol. The fourth-order valence-electron chi connectivity index (χ4n) is 1.29. The van der Waals surface area contributed by atoms with Crippen LogP contribution in [0.3, 0.4) is 0 Å². The van der Waals surface area contributed by atoms with Gasteiger partial charge in [0.25, 0.3) is 0 Å². The average molecular weight is 327 g/mol. The molecule has 0 heterocycles. The Morgan fingerprint density at radius 3 is 2.60 bits per heavy atom. The third-order valence-corrected chi connectivity index (χ3v) is 3.19. The van der Waals surface area contributed by atoms with Crippen molar-refractivity contribution in [2.45, 2.75) is 43.0 Å². The summed E-state index contributed by atoms with van der Waals surface area (Å²) in [6.45, 7) is 3.93. The van der Waals surface area contributed by atoms with Crippen LogP contribution in [0, 0.1) is 0 Å². The van der Waals surface area contributed by atoms with Crippen LogP contribution in [0.4, 0.5) is 0 Å². The molecule has 0 saturated carbocycles. The van der Waals surface area contributed by atoms with Crippen molar-refractivity contribution in [2.24, 2.45) is 0 Å². The highest BCUT2D eigenvalue weighted by Crippen LogP contribution is 2.03. The number of carbonyl (C=O) groups excluding carboxylic acids is 1. The van der Waals surface area contributed by atoms with Crippen molar-refractivity contribution in [3.05, 3.63) is 0 Å². The van der Waals surface area contributed by atoms with Gasteiger partial charge in [0, 0.05) is 6.54 Å². The monoisotopic (exact) mass is 327 g/mol. The predicted octanol–water partition coefficient (Wildman–Crippen LogP) is 2.52. The first-order valence-electron chi connectivity index (χ1n) is 5.65. The summed E-state index contributed by atoms with van der Waals surface area (Å²) in [5.74, 6) is -0.144. The van der Waals surface area contributed by atoms with E-state index in [-0.39, 0.29) is 9.89 Å². The number of carbonyl (C=O) groups is 1. The second-order valence-electron chi connectivity index (χ2n) is 3.61. The smallest absolute Gasteiger partial charge is 0.319 e. The zero-order valence-electron chi connectivity index (χ0n) is 9.72. The molecule has 0 aliphatic heterocycles. The second-order valence-corrected chi connectivity index (χ2v) is 5.11. The van der Waals surface area contributed by atoms with Crippen LogP contribution in [0.15, 0.2) is 0 Å². The lowest BCUT2D eigenvalue weighted by Crippen LogP contribution is -2.30. The number of alkyl halides is 1. The Bertz CT molecular complexity index is 165. The molecule has 0 amide bonds. The molecule has 0 aromatic carbocycles. The summed E-state index contributed by atoms with van der Waals surface area (Å²) < 4.78 is 4.57. The summed E-state index contributed by atoms with van der Waals surface area (Å²) >= 11 is 2.10. The molecular formula is C11H22INO2. The van der Waals surface area contributed by atoms with Crippen LogP contribution in [-0.2, 0) is 9.53 Å². The van der Waals surface area contributed by atoms with E-state index in [2.05, 4.69) is 39.6 Å². The number of unbranched alkanes of at least 4 members (excludes halogenated alkanes) is 4. The average Bonchev–Trinajstić information content (AvgIpc) is 2.26. The van der Waals surface area contributed by atoms with Gasteiger partial charge in [-0.2, -0.15) is 0 Å². The fraction of sp³-hybridized carbons (Fsp3) is 0.909. The topological polar surface area (TPSA) is 38.3 Å². The molecule has 0 saturated heterocycles. The highest BCUT2D eigenvalue weighted by molar-refractivity contribution is 14.1. The van der Waals surface area contributed by atoms with Gasteiger partial charge in [-0.05, 0) is 13.0 Å². The molecule has 1 N–H and O–H groups in total. The Hall–Kier alpha value is 0.160. The summed E-state index contributed by atoms with van der Waals surface area (Å²) in [7, 11) is 1.43. The number of rotatable bonds is 9. The zero-order chi connectivity index (χ0) is 11.5. The Kier molecular flexibility index (Phi) is 10.8. The molecule has 0 spiro atoms. The minimum atomic E-state index is -0.144. The van der Waals surface area contributed by atoms with E-state index in [1.807, 2.05) is 0 Å². The van der Waals surface area contributed by atoms with Crippen LogP contribution >= 0.6 is 22.6 Å². The number of hydrogen-bond donors (Lipinski definition) is 1. The van der Waals surface area contributed by atoms with Crippen LogP contribution in [0.2, 0.25) is 0 Å². The van der Waals surface area contributed by atoms with Gasteiger partial charge in [0.15, 0.2) is 0 Å². The SMILES string of the molecule is CCCCCCCNCC(I)C(=O)OC. The Morgan fingerprint density at radius 1 is 1.33 bits per heavy atom. The summed E-state index contributed by atoms with van der Waals surface area (Å²) in [6.07, 6.45) is 6.42.